The number of amides is 7. The second-order valence-electron chi connectivity index (χ2n) is 18.8. The fraction of sp³-hybridized carbons (Fsp3) is 0.784. The molecule has 15 N–H and O–H groups in total. The van der Waals surface area contributed by atoms with E-state index in [0.29, 0.717) is 25.7 Å². The number of carbonyl (C=O) groups excluding carboxylic acids is 7. The second-order valence-corrected chi connectivity index (χ2v) is 18.8. The van der Waals surface area contributed by atoms with Crippen LogP contribution in [0.1, 0.15) is 161 Å². The minimum absolute atomic E-state index is 0.0340. The van der Waals surface area contributed by atoms with E-state index in [1.165, 1.54) is 32.1 Å². The Balaban J connectivity index is 3.97. The lowest BCUT2D eigenvalue weighted by molar-refractivity contribution is -0.144. The van der Waals surface area contributed by atoms with E-state index in [2.05, 4.69) is 37.3 Å². The first-order chi connectivity index (χ1) is 37.9. The highest BCUT2D eigenvalue weighted by Gasteiger charge is 2.25. The number of hydrazine groups is 1. The molecule has 0 aromatic heterocycles. The molecule has 0 spiro atoms. The van der Waals surface area contributed by atoms with Gasteiger partial charge in [-0.15, -0.1) is 0 Å². The van der Waals surface area contributed by atoms with E-state index in [0.717, 1.165) is 51.4 Å². The summed E-state index contributed by atoms with van der Waals surface area (Å²) >= 11 is 0. The first-order valence-electron chi connectivity index (χ1n) is 27.5. The van der Waals surface area contributed by atoms with Crippen LogP contribution in [0.4, 0.5) is 0 Å². The van der Waals surface area contributed by atoms with Crippen molar-refractivity contribution in [3.8, 4) is 0 Å². The average Bonchev–Trinajstić information content (AvgIpc) is 3.39. The molecule has 0 saturated heterocycles. The van der Waals surface area contributed by atoms with Gasteiger partial charge in [0.1, 0.15) is 31.3 Å². The van der Waals surface area contributed by atoms with Crippen molar-refractivity contribution >= 4 is 65.2 Å². The zero-order valence-electron chi connectivity index (χ0n) is 45.8. The second kappa shape index (κ2) is 49.0. The monoisotopic (exact) mass is 1130 g/mol. The molecule has 0 heterocycles. The highest BCUT2D eigenvalue weighted by Crippen LogP contribution is 2.14. The normalized spacial score (nSPS) is 12.5. The molecule has 28 nitrogen and oxygen atoms in total. The molecule has 0 aromatic carbocycles. The number of carbonyl (C=O) groups is 11. The van der Waals surface area contributed by atoms with Gasteiger partial charge in [0.25, 0.3) is 0 Å². The van der Waals surface area contributed by atoms with Crippen molar-refractivity contribution < 1.29 is 92.1 Å². The lowest BCUT2D eigenvalue weighted by Crippen LogP contribution is -2.45. The van der Waals surface area contributed by atoms with Crippen LogP contribution in [-0.4, -0.2) is 182 Å². The molecule has 1 unspecified atom stereocenters. The number of nitrogens with two attached hydrogens (primary N) is 2. The summed E-state index contributed by atoms with van der Waals surface area (Å²) in [5, 5.41) is 52.0. The molecule has 79 heavy (non-hydrogen) atoms. The Hall–Kier alpha value is -6.07. The number of hydrogen-bond acceptors (Lipinski definition) is 17. The summed E-state index contributed by atoms with van der Waals surface area (Å²) in [5.41, 5.74) is 7.48. The first kappa shape index (κ1) is 72.9. The molecule has 0 fully saturated rings. The lowest BCUT2D eigenvalue weighted by Gasteiger charge is -2.17. The molecule has 0 saturated carbocycles. The predicted octanol–water partition coefficient (Wildman–Crippen LogP) is 0.264. The Kier molecular flexibility index (Phi) is 45.2. The SMILES string of the molecule is NN[C@@H](CCCCNC(=O)CC[C@H](NC(=O)CCC(NC(=O)COCCOCCNC(=O)COCCOCCNC(=O)CC[C@H](NC(=O)CCCCCCCCCCCCCCCCC(=O)O)C(=O)O)C(=O)O)C(=O)O)C(N)=O. The number of rotatable bonds is 55. The molecule has 7 amide bonds. The minimum atomic E-state index is -1.49. The molecule has 0 bridgehead atoms. The third kappa shape index (κ3) is 45.5. The molecule has 0 aliphatic carbocycles. The van der Waals surface area contributed by atoms with Gasteiger partial charge in [-0.25, -0.2) is 19.8 Å². The van der Waals surface area contributed by atoms with Gasteiger partial charge in [0.15, 0.2) is 0 Å². The molecule has 0 radical (unpaired) electrons. The maximum absolute atomic E-state index is 12.4. The summed E-state index contributed by atoms with van der Waals surface area (Å²) in [4.78, 5) is 130. The van der Waals surface area contributed by atoms with Crippen LogP contribution in [0.25, 0.3) is 0 Å². The number of primary amides is 1. The highest BCUT2D eigenvalue weighted by molar-refractivity contribution is 5.87. The fourth-order valence-corrected chi connectivity index (χ4v) is 7.58. The summed E-state index contributed by atoms with van der Waals surface area (Å²) in [6.45, 7) is 0.201. The van der Waals surface area contributed by atoms with Crippen LogP contribution in [0.3, 0.4) is 0 Å². The van der Waals surface area contributed by atoms with Gasteiger partial charge in [0, 0.05) is 51.7 Å². The molecular formula is C51H91N9O19. The highest BCUT2D eigenvalue weighted by atomic mass is 16.5. The van der Waals surface area contributed by atoms with Crippen molar-refractivity contribution in [1.82, 2.24) is 37.3 Å². The summed E-state index contributed by atoms with van der Waals surface area (Å²) in [7, 11) is 0. The lowest BCUT2D eigenvalue weighted by atomic mass is 10.0. The number of aliphatic carboxylic acids is 4. The summed E-state index contributed by atoms with van der Waals surface area (Å²) < 4.78 is 21.2. The zero-order valence-corrected chi connectivity index (χ0v) is 45.8. The van der Waals surface area contributed by atoms with E-state index in [1.807, 2.05) is 0 Å². The minimum Gasteiger partial charge on any atom is -0.481 e. The van der Waals surface area contributed by atoms with Gasteiger partial charge in [-0.1, -0.05) is 77.0 Å². The van der Waals surface area contributed by atoms with Crippen LogP contribution >= 0.6 is 0 Å². The Labute approximate surface area is 462 Å². The van der Waals surface area contributed by atoms with Gasteiger partial charge >= 0.3 is 23.9 Å². The van der Waals surface area contributed by atoms with E-state index in [-0.39, 0.29) is 117 Å². The van der Waals surface area contributed by atoms with Crippen LogP contribution < -0.4 is 48.9 Å². The number of hydrogen-bond donors (Lipinski definition) is 13. The zero-order chi connectivity index (χ0) is 58.9. The fourth-order valence-electron chi connectivity index (χ4n) is 7.58. The summed E-state index contributed by atoms with van der Waals surface area (Å²) in [5.74, 6) is -3.40. The molecule has 28 heteroatoms. The number of ether oxygens (including phenoxy) is 4. The van der Waals surface area contributed by atoms with Crippen molar-refractivity contribution in [3.63, 3.8) is 0 Å². The summed E-state index contributed by atoms with van der Waals surface area (Å²) in [6, 6.07) is -4.81. The molecule has 4 atom stereocenters. The van der Waals surface area contributed by atoms with E-state index in [9.17, 15) is 68.1 Å². The van der Waals surface area contributed by atoms with E-state index >= 15 is 0 Å². The van der Waals surface area contributed by atoms with Crippen LogP contribution in [0, 0.1) is 0 Å². The van der Waals surface area contributed by atoms with Gasteiger partial charge in [-0.3, -0.25) is 44.2 Å². The third-order valence-corrected chi connectivity index (χ3v) is 12.1. The van der Waals surface area contributed by atoms with Gasteiger partial charge in [0.2, 0.25) is 41.4 Å². The van der Waals surface area contributed by atoms with Crippen LogP contribution in [0.15, 0.2) is 0 Å². The van der Waals surface area contributed by atoms with Crippen molar-refractivity contribution in [2.75, 3.05) is 72.5 Å². The van der Waals surface area contributed by atoms with Crippen molar-refractivity contribution in [3.05, 3.63) is 0 Å². The first-order valence-corrected chi connectivity index (χ1v) is 27.5. The Morgan fingerprint density at radius 1 is 0.342 bits per heavy atom. The van der Waals surface area contributed by atoms with Crippen LogP contribution in [0.2, 0.25) is 0 Å². The van der Waals surface area contributed by atoms with Gasteiger partial charge in [-0.05, 0) is 51.4 Å². The number of unbranched alkanes of at least 4 members (excludes halogenated alkanes) is 14. The molecular weight excluding hydrogens is 1040 g/mol. The van der Waals surface area contributed by atoms with E-state index in [1.54, 1.807) is 0 Å². The predicted molar refractivity (Wildman–Crippen MR) is 284 cm³/mol. The van der Waals surface area contributed by atoms with Crippen molar-refractivity contribution in [1.29, 1.82) is 0 Å². The van der Waals surface area contributed by atoms with Gasteiger partial charge in [-0.2, -0.15) is 0 Å². The third-order valence-electron chi connectivity index (χ3n) is 12.1. The molecule has 0 aliphatic rings. The number of carboxylic acids is 4. The van der Waals surface area contributed by atoms with E-state index in [4.69, 9.17) is 35.6 Å². The van der Waals surface area contributed by atoms with Crippen LogP contribution in [0.5, 0.6) is 0 Å². The Morgan fingerprint density at radius 2 is 0.696 bits per heavy atom. The van der Waals surface area contributed by atoms with Gasteiger partial charge in [0.05, 0.1) is 45.7 Å². The summed E-state index contributed by atoms with van der Waals surface area (Å²) in [6.07, 6.45) is 15.1. The van der Waals surface area contributed by atoms with Crippen molar-refractivity contribution in [2.45, 2.75) is 185 Å². The van der Waals surface area contributed by atoms with Gasteiger partial charge < -0.3 is 77.0 Å². The average molecular weight is 1130 g/mol. The molecule has 454 valence electrons. The van der Waals surface area contributed by atoms with Crippen molar-refractivity contribution in [2.24, 2.45) is 11.6 Å². The maximum Gasteiger partial charge on any atom is 0.326 e. The number of carboxylic acid groups (broad SMARTS) is 4. The molecule has 0 aromatic rings. The Bertz CT molecular complexity index is 1800. The quantitative estimate of drug-likeness (QED) is 0.0221. The maximum atomic E-state index is 12.4. The van der Waals surface area contributed by atoms with Crippen LogP contribution in [-0.2, 0) is 71.7 Å². The standard InChI is InChI=1S/C51H91N9O19/c52-48(69)37(60-53)17-15-16-26-54-41(61)23-20-39(50(72)73)58-44(64)25-22-40(51(74)75)59-46(66)36-79-34-32-77-30-28-56-45(65)35-78-33-31-76-29-27-55-42(62)24-21-38(49(70)71)57-43(63)18-13-11-9-7-5-3-1-2-4-6-8-10-12-14-19-47(67)68/h37-40,60H,1-36,53H2,(H2,52,69)(H,54,61)(H,55,62)(H,56,65)(H,57,63)(H,58,64)(H,59,66)(H,67,68)(H,70,71)(H,72,73)(H,74,75)/t37-,38-,39-,40?/m0/s1. The number of nitrogens with one attached hydrogen (secondary N) is 7. The smallest absolute Gasteiger partial charge is 0.326 e. The largest absolute Gasteiger partial charge is 0.481 e. The molecule has 0 rings (SSSR count). The van der Waals surface area contributed by atoms with E-state index < -0.39 is 96.5 Å². The molecule has 0 aliphatic heterocycles. The Morgan fingerprint density at radius 3 is 1.11 bits per heavy atom. The topological polar surface area (TPSA) is 442 Å².